The Labute approximate surface area is 82.0 Å². The highest BCUT2D eigenvalue weighted by molar-refractivity contribution is 7.89. The van der Waals surface area contributed by atoms with Gasteiger partial charge in [-0.2, -0.15) is 0 Å². The van der Waals surface area contributed by atoms with Crippen molar-refractivity contribution in [1.82, 2.24) is 14.3 Å². The summed E-state index contributed by atoms with van der Waals surface area (Å²) >= 11 is 0. The van der Waals surface area contributed by atoms with Gasteiger partial charge in [-0.3, -0.25) is 4.57 Å². The lowest BCUT2D eigenvalue weighted by molar-refractivity contribution is 0.575. The smallest absolute Gasteiger partial charge is 0.313 e. The van der Waals surface area contributed by atoms with Crippen LogP contribution in [0.4, 0.5) is 0 Å². The average molecular weight is 219 g/mol. The monoisotopic (exact) mass is 219 g/mol. The normalized spacial score (nSPS) is 11.8. The highest BCUT2D eigenvalue weighted by Crippen LogP contribution is 1.87. The van der Waals surface area contributed by atoms with Gasteiger partial charge in [0.05, 0.1) is 5.75 Å². The lowest BCUT2D eigenvalue weighted by atomic mass is 10.7. The van der Waals surface area contributed by atoms with Gasteiger partial charge in [-0.1, -0.05) is 6.92 Å². The first-order valence-corrected chi connectivity index (χ1v) is 5.91. The van der Waals surface area contributed by atoms with Crippen LogP contribution in [0.2, 0.25) is 0 Å². The Kier molecular flexibility index (Phi) is 3.48. The number of hydrogen-bond donors (Lipinski definition) is 2. The first-order chi connectivity index (χ1) is 6.55. The quantitative estimate of drug-likeness (QED) is 0.674. The van der Waals surface area contributed by atoms with E-state index in [1.54, 1.807) is 6.92 Å². The zero-order valence-corrected chi connectivity index (χ0v) is 8.67. The molecule has 0 aliphatic heterocycles. The SMILES string of the molecule is CCNS(=O)(=O)CCn1cc[nH]c1=O. The Hall–Kier alpha value is -1.08. The summed E-state index contributed by atoms with van der Waals surface area (Å²) in [7, 11) is -3.25. The molecule has 0 aliphatic carbocycles. The summed E-state index contributed by atoms with van der Waals surface area (Å²) in [5.41, 5.74) is -0.295. The summed E-state index contributed by atoms with van der Waals surface area (Å²) in [4.78, 5) is 13.4. The van der Waals surface area contributed by atoms with Gasteiger partial charge in [0.2, 0.25) is 10.0 Å². The maximum absolute atomic E-state index is 11.2. The van der Waals surface area contributed by atoms with E-state index in [2.05, 4.69) is 9.71 Å². The fraction of sp³-hybridized carbons (Fsp3) is 0.571. The molecule has 0 fully saturated rings. The number of aromatic nitrogens is 2. The molecule has 0 aliphatic rings. The van der Waals surface area contributed by atoms with Crippen molar-refractivity contribution < 1.29 is 8.42 Å². The molecule has 0 amide bonds. The van der Waals surface area contributed by atoms with Gasteiger partial charge in [0.15, 0.2) is 0 Å². The topological polar surface area (TPSA) is 84.0 Å². The van der Waals surface area contributed by atoms with Crippen molar-refractivity contribution in [3.8, 4) is 0 Å². The number of nitrogens with zero attached hydrogens (tertiary/aromatic N) is 1. The Morgan fingerprint density at radius 1 is 1.57 bits per heavy atom. The number of H-pyrrole nitrogens is 1. The van der Waals surface area contributed by atoms with Crippen LogP contribution < -0.4 is 10.4 Å². The predicted molar refractivity (Wildman–Crippen MR) is 52.5 cm³/mol. The molecule has 0 radical (unpaired) electrons. The lowest BCUT2D eigenvalue weighted by Crippen LogP contribution is -2.30. The van der Waals surface area contributed by atoms with Crippen molar-refractivity contribution in [2.45, 2.75) is 13.5 Å². The van der Waals surface area contributed by atoms with E-state index in [1.807, 2.05) is 0 Å². The number of nitrogens with one attached hydrogen (secondary N) is 2. The molecule has 1 aromatic heterocycles. The van der Waals surface area contributed by atoms with Crippen LogP contribution in [0.3, 0.4) is 0 Å². The van der Waals surface area contributed by atoms with Crippen LogP contribution in [0, 0.1) is 0 Å². The number of sulfonamides is 1. The Balaban J connectivity index is 2.58. The number of aryl methyl sites for hydroxylation is 1. The maximum atomic E-state index is 11.2. The van der Waals surface area contributed by atoms with Gasteiger partial charge in [-0.05, 0) is 0 Å². The summed E-state index contributed by atoms with van der Waals surface area (Å²) in [6, 6.07) is 0. The second-order valence-corrected chi connectivity index (χ2v) is 4.70. The van der Waals surface area contributed by atoms with Gasteiger partial charge in [-0.25, -0.2) is 17.9 Å². The molecule has 0 aromatic carbocycles. The minimum atomic E-state index is -3.25. The number of hydrogen-bond acceptors (Lipinski definition) is 3. The molecule has 6 nitrogen and oxygen atoms in total. The zero-order valence-electron chi connectivity index (χ0n) is 7.86. The lowest BCUT2D eigenvalue weighted by Gasteiger charge is -2.03. The van der Waals surface area contributed by atoms with Crippen molar-refractivity contribution in [2.75, 3.05) is 12.3 Å². The zero-order chi connectivity index (χ0) is 10.6. The fourth-order valence-electron chi connectivity index (χ4n) is 1.04. The van der Waals surface area contributed by atoms with E-state index in [9.17, 15) is 13.2 Å². The second kappa shape index (κ2) is 4.43. The molecule has 2 N–H and O–H groups in total. The summed E-state index contributed by atoms with van der Waals surface area (Å²) in [6.45, 7) is 2.24. The summed E-state index contributed by atoms with van der Waals surface area (Å²) in [5, 5.41) is 0. The highest BCUT2D eigenvalue weighted by atomic mass is 32.2. The molecule has 1 heterocycles. The first kappa shape index (κ1) is 11.0. The van der Waals surface area contributed by atoms with Gasteiger partial charge in [-0.15, -0.1) is 0 Å². The minimum Gasteiger partial charge on any atom is -0.313 e. The van der Waals surface area contributed by atoms with Gasteiger partial charge in [0, 0.05) is 25.5 Å². The second-order valence-electron chi connectivity index (χ2n) is 2.78. The Bertz CT molecular complexity index is 431. The summed E-state index contributed by atoms with van der Waals surface area (Å²) in [5.74, 6) is -0.0847. The molecule has 0 saturated heterocycles. The molecule has 0 saturated carbocycles. The molecule has 0 bridgehead atoms. The molecule has 0 spiro atoms. The molecule has 80 valence electrons. The van der Waals surface area contributed by atoms with Crippen molar-refractivity contribution in [3.05, 3.63) is 22.9 Å². The third-order valence-corrected chi connectivity index (χ3v) is 3.14. The van der Waals surface area contributed by atoms with Crippen LogP contribution in [0.1, 0.15) is 6.92 Å². The molecule has 14 heavy (non-hydrogen) atoms. The number of aromatic amines is 1. The van der Waals surface area contributed by atoms with Crippen molar-refractivity contribution in [3.63, 3.8) is 0 Å². The van der Waals surface area contributed by atoms with E-state index < -0.39 is 10.0 Å². The van der Waals surface area contributed by atoms with Crippen LogP contribution in [0.25, 0.3) is 0 Å². The first-order valence-electron chi connectivity index (χ1n) is 4.26. The average Bonchev–Trinajstić information content (AvgIpc) is 2.48. The molecule has 0 unspecified atom stereocenters. The Morgan fingerprint density at radius 3 is 2.79 bits per heavy atom. The standard InChI is InChI=1S/C7H13N3O3S/c1-2-9-14(12,13)6-5-10-4-3-8-7(10)11/h3-4,9H,2,5-6H2,1H3,(H,8,11). The van der Waals surface area contributed by atoms with Crippen LogP contribution in [0.15, 0.2) is 17.2 Å². The molecular formula is C7H13N3O3S. The largest absolute Gasteiger partial charge is 0.325 e. The minimum absolute atomic E-state index is 0.0847. The van der Waals surface area contributed by atoms with Crippen molar-refractivity contribution >= 4 is 10.0 Å². The predicted octanol–water partition coefficient (Wildman–Crippen LogP) is -0.884. The van der Waals surface area contributed by atoms with E-state index in [4.69, 9.17) is 0 Å². The fourth-order valence-corrected chi connectivity index (χ4v) is 2.06. The van der Waals surface area contributed by atoms with Crippen LogP contribution in [0.5, 0.6) is 0 Å². The van der Waals surface area contributed by atoms with Gasteiger partial charge >= 0.3 is 5.69 Å². The van der Waals surface area contributed by atoms with E-state index in [0.717, 1.165) is 0 Å². The molecule has 7 heteroatoms. The van der Waals surface area contributed by atoms with E-state index in [0.29, 0.717) is 6.54 Å². The molecule has 0 atom stereocenters. The maximum Gasteiger partial charge on any atom is 0.325 e. The van der Waals surface area contributed by atoms with E-state index in [-0.39, 0.29) is 18.0 Å². The summed E-state index contributed by atoms with van der Waals surface area (Å²) in [6.07, 6.45) is 2.99. The molecule has 1 aromatic rings. The molecule has 1 rings (SSSR count). The van der Waals surface area contributed by atoms with Crippen molar-refractivity contribution in [1.29, 1.82) is 0 Å². The highest BCUT2D eigenvalue weighted by Gasteiger charge is 2.08. The van der Waals surface area contributed by atoms with Gasteiger partial charge in [0.25, 0.3) is 0 Å². The van der Waals surface area contributed by atoms with Crippen LogP contribution in [-0.2, 0) is 16.6 Å². The van der Waals surface area contributed by atoms with Crippen molar-refractivity contribution in [2.24, 2.45) is 0 Å². The van der Waals surface area contributed by atoms with Gasteiger partial charge in [0.1, 0.15) is 0 Å². The number of imidazole rings is 1. The van der Waals surface area contributed by atoms with E-state index in [1.165, 1.54) is 17.0 Å². The molecular weight excluding hydrogens is 206 g/mol. The number of rotatable bonds is 5. The third-order valence-electron chi connectivity index (χ3n) is 1.69. The van der Waals surface area contributed by atoms with E-state index >= 15 is 0 Å². The van der Waals surface area contributed by atoms with Crippen LogP contribution in [-0.4, -0.2) is 30.3 Å². The Morgan fingerprint density at radius 2 is 2.29 bits per heavy atom. The third kappa shape index (κ3) is 3.00. The summed E-state index contributed by atoms with van der Waals surface area (Å²) < 4.78 is 26.1. The van der Waals surface area contributed by atoms with Gasteiger partial charge < -0.3 is 4.98 Å². The van der Waals surface area contributed by atoms with Crippen LogP contribution >= 0.6 is 0 Å².